The molecular weight excluding hydrogens is 316 g/mol. The Bertz CT molecular complexity index is 1050. The number of nitrogens with two attached hydrogens (primary N) is 1. The van der Waals surface area contributed by atoms with Crippen LogP contribution in [0.5, 0.6) is 5.75 Å². The summed E-state index contributed by atoms with van der Waals surface area (Å²) in [5, 5.41) is 3.76. The Morgan fingerprint density at radius 1 is 1.24 bits per heavy atom. The Balaban J connectivity index is 2.18. The number of benzene rings is 1. The Morgan fingerprint density at radius 2 is 2.00 bits per heavy atom. The lowest BCUT2D eigenvalue weighted by molar-refractivity contribution is 0.0950. The maximum atomic E-state index is 12.5. The topological polar surface area (TPSA) is 82.2 Å². The molecular formula is C19H20N4O2. The van der Waals surface area contributed by atoms with E-state index in [1.807, 2.05) is 43.7 Å². The minimum atomic E-state index is -0.153. The lowest BCUT2D eigenvalue weighted by Crippen LogP contribution is -2.28. The third-order valence-electron chi connectivity index (χ3n) is 5.02. The van der Waals surface area contributed by atoms with Crippen LogP contribution in [0.15, 0.2) is 18.3 Å². The number of ether oxygens (including phenoxy) is 1. The van der Waals surface area contributed by atoms with Crippen LogP contribution in [0.3, 0.4) is 0 Å². The molecule has 0 saturated heterocycles. The van der Waals surface area contributed by atoms with Crippen molar-refractivity contribution in [1.29, 1.82) is 0 Å². The van der Waals surface area contributed by atoms with Crippen molar-refractivity contribution in [3.05, 3.63) is 46.1 Å². The number of methoxy groups -OCH3 is 1. The molecule has 1 amide bonds. The van der Waals surface area contributed by atoms with Gasteiger partial charge in [-0.2, -0.15) is 0 Å². The Hall–Kier alpha value is -3.02. The zero-order valence-corrected chi connectivity index (χ0v) is 14.7. The van der Waals surface area contributed by atoms with Gasteiger partial charge < -0.3 is 15.8 Å². The molecule has 2 aromatic heterocycles. The lowest BCUT2D eigenvalue weighted by atomic mass is 10.0. The molecule has 6 nitrogen and oxygen atoms in total. The Kier molecular flexibility index (Phi) is 3.25. The van der Waals surface area contributed by atoms with Crippen LogP contribution < -0.4 is 15.8 Å². The third-order valence-corrected chi connectivity index (χ3v) is 5.02. The highest BCUT2D eigenvalue weighted by atomic mass is 16.5. The number of hydrogen-bond donors (Lipinski definition) is 2. The molecule has 25 heavy (non-hydrogen) atoms. The molecule has 0 bridgehead atoms. The first kappa shape index (κ1) is 15.5. The van der Waals surface area contributed by atoms with Gasteiger partial charge in [-0.15, -0.1) is 0 Å². The highest BCUT2D eigenvalue weighted by Crippen LogP contribution is 2.38. The average molecular weight is 336 g/mol. The zero-order valence-electron chi connectivity index (χ0n) is 14.7. The van der Waals surface area contributed by atoms with Crippen LogP contribution in [0, 0.1) is 20.8 Å². The number of pyridine rings is 1. The second kappa shape index (κ2) is 5.24. The van der Waals surface area contributed by atoms with Crippen LogP contribution in [-0.2, 0) is 6.54 Å². The molecule has 0 saturated carbocycles. The first-order valence-corrected chi connectivity index (χ1v) is 8.16. The number of hydrogen-bond acceptors (Lipinski definition) is 4. The summed E-state index contributed by atoms with van der Waals surface area (Å²) >= 11 is 0. The smallest absolute Gasteiger partial charge is 0.256 e. The minimum absolute atomic E-state index is 0.153. The van der Waals surface area contributed by atoms with Crippen molar-refractivity contribution in [3.8, 4) is 11.4 Å². The number of aromatic nitrogens is 2. The van der Waals surface area contributed by atoms with Crippen molar-refractivity contribution in [2.75, 3.05) is 12.8 Å². The number of anilines is 1. The number of nitrogens with zero attached hydrogens (tertiary/aromatic N) is 2. The maximum absolute atomic E-state index is 12.5. The summed E-state index contributed by atoms with van der Waals surface area (Å²) in [4.78, 5) is 17.1. The van der Waals surface area contributed by atoms with Crippen LogP contribution in [0.4, 0.5) is 5.82 Å². The van der Waals surface area contributed by atoms with E-state index in [1.54, 1.807) is 7.11 Å². The van der Waals surface area contributed by atoms with Crippen molar-refractivity contribution in [1.82, 2.24) is 14.9 Å². The van der Waals surface area contributed by atoms with Crippen molar-refractivity contribution >= 4 is 22.8 Å². The molecule has 128 valence electrons. The maximum Gasteiger partial charge on any atom is 0.256 e. The number of rotatable bonds is 2. The minimum Gasteiger partial charge on any atom is -0.496 e. The van der Waals surface area contributed by atoms with Gasteiger partial charge in [0.05, 0.1) is 18.4 Å². The van der Waals surface area contributed by atoms with Gasteiger partial charge >= 0.3 is 0 Å². The monoisotopic (exact) mass is 336 g/mol. The van der Waals surface area contributed by atoms with Gasteiger partial charge in [0, 0.05) is 23.7 Å². The number of amides is 1. The lowest BCUT2D eigenvalue weighted by Gasteiger charge is -2.16. The van der Waals surface area contributed by atoms with Gasteiger partial charge in [-0.05, 0) is 43.5 Å². The van der Waals surface area contributed by atoms with E-state index in [2.05, 4.69) is 10.3 Å². The largest absolute Gasteiger partial charge is 0.496 e. The number of nitrogens with one attached hydrogen (secondary N) is 1. The summed E-state index contributed by atoms with van der Waals surface area (Å²) in [6.07, 6.45) is 1.83. The first-order valence-electron chi connectivity index (χ1n) is 8.16. The van der Waals surface area contributed by atoms with E-state index in [4.69, 9.17) is 10.5 Å². The first-order chi connectivity index (χ1) is 12.0. The summed E-state index contributed by atoms with van der Waals surface area (Å²) < 4.78 is 7.35. The summed E-state index contributed by atoms with van der Waals surface area (Å²) in [7, 11) is 1.64. The number of aryl methyl sites for hydroxylation is 2. The second-order valence-corrected chi connectivity index (χ2v) is 6.46. The van der Waals surface area contributed by atoms with E-state index in [-0.39, 0.29) is 5.91 Å². The zero-order chi connectivity index (χ0) is 17.9. The van der Waals surface area contributed by atoms with E-state index < -0.39 is 0 Å². The molecule has 0 atom stereocenters. The van der Waals surface area contributed by atoms with Gasteiger partial charge in [0.2, 0.25) is 0 Å². The molecule has 3 heterocycles. The van der Waals surface area contributed by atoms with Gasteiger partial charge in [-0.3, -0.25) is 9.36 Å². The van der Waals surface area contributed by atoms with Gasteiger partial charge in [0.25, 0.3) is 5.91 Å². The second-order valence-electron chi connectivity index (χ2n) is 6.46. The van der Waals surface area contributed by atoms with Gasteiger partial charge in [-0.1, -0.05) is 6.07 Å². The van der Waals surface area contributed by atoms with E-state index in [9.17, 15) is 4.79 Å². The predicted octanol–water partition coefficient (Wildman–Crippen LogP) is 2.78. The molecule has 0 spiro atoms. The fourth-order valence-electron chi connectivity index (χ4n) is 3.74. The highest BCUT2D eigenvalue weighted by Gasteiger charge is 2.30. The fraction of sp³-hybridized carbons (Fsp3) is 0.263. The number of carbonyl (C=O) groups excluding carboxylic acids is 1. The van der Waals surface area contributed by atoms with E-state index in [0.717, 1.165) is 39.1 Å². The molecule has 4 rings (SSSR count). The Morgan fingerprint density at radius 3 is 2.72 bits per heavy atom. The van der Waals surface area contributed by atoms with Gasteiger partial charge in [-0.25, -0.2) is 4.98 Å². The van der Waals surface area contributed by atoms with Gasteiger partial charge in [0.15, 0.2) is 0 Å². The molecule has 1 aliphatic rings. The van der Waals surface area contributed by atoms with E-state index >= 15 is 0 Å². The third kappa shape index (κ3) is 1.97. The Labute approximate surface area is 145 Å². The van der Waals surface area contributed by atoms with Crippen LogP contribution in [0.2, 0.25) is 0 Å². The molecule has 0 radical (unpaired) electrons. The molecule has 0 fully saturated rings. The van der Waals surface area contributed by atoms with Crippen molar-refractivity contribution in [2.45, 2.75) is 27.3 Å². The van der Waals surface area contributed by atoms with Crippen LogP contribution in [-0.4, -0.2) is 22.6 Å². The van der Waals surface area contributed by atoms with E-state index in [1.165, 1.54) is 0 Å². The van der Waals surface area contributed by atoms with Crippen LogP contribution >= 0.6 is 0 Å². The molecule has 6 heteroatoms. The number of carbonyl (C=O) groups is 1. The SMILES string of the molecule is COc1ccc(C)c(-n2c(N)c3c4c(c(C)cnc42)CNC3=O)c1C. The number of nitrogen functional groups attached to an aromatic ring is 1. The van der Waals surface area contributed by atoms with Crippen molar-refractivity contribution in [3.63, 3.8) is 0 Å². The summed E-state index contributed by atoms with van der Waals surface area (Å²) in [5.41, 5.74) is 12.7. The predicted molar refractivity (Wildman–Crippen MR) is 97.4 cm³/mol. The van der Waals surface area contributed by atoms with Gasteiger partial charge in [0.1, 0.15) is 17.2 Å². The molecule has 0 aliphatic carbocycles. The van der Waals surface area contributed by atoms with Crippen molar-refractivity contribution in [2.24, 2.45) is 0 Å². The molecule has 3 aromatic rings. The highest BCUT2D eigenvalue weighted by molar-refractivity contribution is 6.14. The molecule has 0 unspecified atom stereocenters. The standard InChI is InChI=1S/C19H20N4O2/c1-9-5-6-13(25-4)11(3)16(9)23-17(20)15-14-12(8-22-19(15)24)10(2)7-21-18(14)23/h5-7H,8,20H2,1-4H3,(H,22,24). The normalized spacial score (nSPS) is 13.2. The van der Waals surface area contributed by atoms with Crippen LogP contribution in [0.25, 0.3) is 16.7 Å². The van der Waals surface area contributed by atoms with Crippen molar-refractivity contribution < 1.29 is 9.53 Å². The molecule has 3 N–H and O–H groups in total. The van der Waals surface area contributed by atoms with Crippen LogP contribution in [0.1, 0.15) is 32.6 Å². The fourth-order valence-corrected chi connectivity index (χ4v) is 3.74. The quantitative estimate of drug-likeness (QED) is 0.754. The average Bonchev–Trinajstić information content (AvgIpc) is 2.87. The summed E-state index contributed by atoms with van der Waals surface area (Å²) in [6, 6.07) is 3.92. The summed E-state index contributed by atoms with van der Waals surface area (Å²) in [6.45, 7) is 6.50. The molecule has 1 aromatic carbocycles. The summed E-state index contributed by atoms with van der Waals surface area (Å²) in [5.74, 6) is 1.03. The van der Waals surface area contributed by atoms with E-state index in [0.29, 0.717) is 23.6 Å². The molecule has 1 aliphatic heterocycles.